The lowest BCUT2D eigenvalue weighted by molar-refractivity contribution is -0.136. The molecule has 1 rings (SSSR count). The first-order chi connectivity index (χ1) is 9.23. The molecule has 1 heterocycles. The normalized spacial score (nSPS) is 12.7. The molecule has 6 nitrogen and oxygen atoms in total. The topological polar surface area (TPSA) is 75.4 Å². The number of nitrogens with zero attached hydrogens (tertiary/aromatic N) is 3. The molecule has 1 aromatic rings. The molecule has 0 bridgehead atoms. The van der Waals surface area contributed by atoms with E-state index in [1.165, 1.54) is 0 Å². The van der Waals surface area contributed by atoms with Crippen molar-refractivity contribution in [3.63, 3.8) is 0 Å². The zero-order chi connectivity index (χ0) is 15.4. The van der Waals surface area contributed by atoms with Gasteiger partial charge in [-0.25, -0.2) is 4.79 Å². The van der Waals surface area contributed by atoms with Gasteiger partial charge in [0.05, 0.1) is 0 Å². The van der Waals surface area contributed by atoms with Gasteiger partial charge in [-0.3, -0.25) is 9.36 Å². The first-order valence-corrected chi connectivity index (χ1v) is 6.69. The van der Waals surface area contributed by atoms with Gasteiger partial charge in [0.1, 0.15) is 0 Å². The number of rotatable bonds is 6. The van der Waals surface area contributed by atoms with E-state index in [1.54, 1.807) is 11.5 Å². The van der Waals surface area contributed by atoms with Gasteiger partial charge in [-0.15, -0.1) is 0 Å². The maximum absolute atomic E-state index is 12.0. The summed E-state index contributed by atoms with van der Waals surface area (Å²) in [4.78, 5) is 28.8. The van der Waals surface area contributed by atoms with Gasteiger partial charge in [-0.1, -0.05) is 0 Å². The minimum atomic E-state index is -0.844. The number of hydrogen-bond acceptors (Lipinski definition) is 4. The molecule has 0 fully saturated rings. The Kier molecular flexibility index (Phi) is 5.44. The zero-order valence-electron chi connectivity index (χ0n) is 12.8. The van der Waals surface area contributed by atoms with Gasteiger partial charge in [-0.05, 0) is 46.9 Å². The summed E-state index contributed by atoms with van der Waals surface area (Å²) in [5.41, 5.74) is 2.03. The zero-order valence-corrected chi connectivity index (χ0v) is 12.8. The highest BCUT2D eigenvalue weighted by Gasteiger charge is 2.15. The molecule has 0 amide bonds. The van der Waals surface area contributed by atoms with Gasteiger partial charge < -0.3 is 10.0 Å². The smallest absolute Gasteiger partial charge is 0.348 e. The number of carboxylic acid groups (broad SMARTS) is 1. The van der Waals surface area contributed by atoms with Crippen LogP contribution >= 0.6 is 0 Å². The van der Waals surface area contributed by atoms with E-state index in [0.29, 0.717) is 18.7 Å². The van der Waals surface area contributed by atoms with Gasteiger partial charge in [-0.2, -0.15) is 4.98 Å². The predicted molar refractivity (Wildman–Crippen MR) is 77.1 cm³/mol. The molecule has 0 saturated heterocycles. The van der Waals surface area contributed by atoms with E-state index in [-0.39, 0.29) is 18.2 Å². The molecule has 1 aromatic heterocycles. The fourth-order valence-electron chi connectivity index (χ4n) is 2.08. The quantitative estimate of drug-likeness (QED) is 0.836. The van der Waals surface area contributed by atoms with Crippen LogP contribution in [-0.2, 0) is 17.8 Å². The highest BCUT2D eigenvalue weighted by molar-refractivity contribution is 5.67. The van der Waals surface area contributed by atoms with E-state index >= 15 is 0 Å². The van der Waals surface area contributed by atoms with E-state index in [9.17, 15) is 9.59 Å². The van der Waals surface area contributed by atoms with Crippen LogP contribution in [0.1, 0.15) is 30.3 Å². The summed E-state index contributed by atoms with van der Waals surface area (Å²) in [7, 11) is 3.91. The first kappa shape index (κ1) is 16.4. The van der Waals surface area contributed by atoms with Gasteiger partial charge in [0.15, 0.2) is 0 Å². The van der Waals surface area contributed by atoms with Crippen LogP contribution < -0.4 is 5.69 Å². The van der Waals surface area contributed by atoms with Crippen molar-refractivity contribution in [1.29, 1.82) is 0 Å². The molecule has 20 heavy (non-hydrogen) atoms. The summed E-state index contributed by atoms with van der Waals surface area (Å²) in [6.45, 7) is 6.19. The SMILES string of the molecule is Cc1nc(=O)n(CC(C)N(C)C)c(C)c1CCC(=O)O. The van der Waals surface area contributed by atoms with Crippen LogP contribution in [0.4, 0.5) is 0 Å². The second kappa shape index (κ2) is 6.65. The summed E-state index contributed by atoms with van der Waals surface area (Å²) >= 11 is 0. The number of carbonyl (C=O) groups is 1. The summed E-state index contributed by atoms with van der Waals surface area (Å²) in [5.74, 6) is -0.844. The molecule has 0 aliphatic carbocycles. The highest BCUT2D eigenvalue weighted by atomic mass is 16.4. The van der Waals surface area contributed by atoms with Crippen molar-refractivity contribution < 1.29 is 9.90 Å². The van der Waals surface area contributed by atoms with Crippen molar-refractivity contribution in [3.05, 3.63) is 27.4 Å². The minimum absolute atomic E-state index is 0.0464. The molecular weight excluding hydrogens is 258 g/mol. The Labute approximate surface area is 119 Å². The Hall–Kier alpha value is -1.69. The van der Waals surface area contributed by atoms with Crippen LogP contribution in [0.25, 0.3) is 0 Å². The third-order valence-electron chi connectivity index (χ3n) is 3.69. The van der Waals surface area contributed by atoms with Crippen molar-refractivity contribution in [3.8, 4) is 0 Å². The van der Waals surface area contributed by atoms with Crippen LogP contribution in [0.3, 0.4) is 0 Å². The Morgan fingerprint density at radius 3 is 2.50 bits per heavy atom. The van der Waals surface area contributed by atoms with Crippen LogP contribution in [-0.4, -0.2) is 45.7 Å². The summed E-state index contributed by atoms with van der Waals surface area (Å²) in [6.07, 6.45) is 0.446. The van der Waals surface area contributed by atoms with Crippen molar-refractivity contribution in [2.45, 2.75) is 46.2 Å². The number of carboxylic acids is 1. The van der Waals surface area contributed by atoms with Crippen molar-refractivity contribution in [2.75, 3.05) is 14.1 Å². The van der Waals surface area contributed by atoms with E-state index in [2.05, 4.69) is 4.98 Å². The lowest BCUT2D eigenvalue weighted by Gasteiger charge is -2.23. The monoisotopic (exact) mass is 281 g/mol. The molecule has 1 unspecified atom stereocenters. The molecule has 0 spiro atoms. The van der Waals surface area contributed by atoms with Crippen molar-refractivity contribution in [2.24, 2.45) is 0 Å². The van der Waals surface area contributed by atoms with E-state index in [0.717, 1.165) is 11.3 Å². The highest BCUT2D eigenvalue weighted by Crippen LogP contribution is 2.13. The van der Waals surface area contributed by atoms with Gasteiger partial charge in [0.25, 0.3) is 0 Å². The molecule has 1 N–H and O–H groups in total. The average molecular weight is 281 g/mol. The minimum Gasteiger partial charge on any atom is -0.481 e. The number of aliphatic carboxylic acids is 1. The lowest BCUT2D eigenvalue weighted by Crippen LogP contribution is -2.36. The molecule has 0 aromatic carbocycles. The summed E-state index contributed by atoms with van der Waals surface area (Å²) < 4.78 is 1.63. The van der Waals surface area contributed by atoms with Crippen molar-refractivity contribution >= 4 is 5.97 Å². The molecule has 6 heteroatoms. The number of likely N-dealkylation sites (N-methyl/N-ethyl adjacent to an activating group) is 1. The molecule has 0 radical (unpaired) electrons. The van der Waals surface area contributed by atoms with Crippen LogP contribution in [0.5, 0.6) is 0 Å². The molecule has 1 atom stereocenters. The second-order valence-corrected chi connectivity index (χ2v) is 5.36. The first-order valence-electron chi connectivity index (χ1n) is 6.69. The van der Waals surface area contributed by atoms with Gasteiger partial charge in [0, 0.05) is 30.4 Å². The summed E-state index contributed by atoms with van der Waals surface area (Å²) in [6, 6.07) is 0.197. The van der Waals surface area contributed by atoms with Crippen molar-refractivity contribution in [1.82, 2.24) is 14.5 Å². The van der Waals surface area contributed by atoms with Crippen LogP contribution in [0, 0.1) is 13.8 Å². The molecule has 0 aliphatic rings. The van der Waals surface area contributed by atoms with Gasteiger partial charge in [0.2, 0.25) is 0 Å². The Balaban J connectivity index is 3.15. The fraction of sp³-hybridized carbons (Fsp3) is 0.643. The Bertz CT molecular complexity index is 549. The van der Waals surface area contributed by atoms with E-state index in [4.69, 9.17) is 5.11 Å². The van der Waals surface area contributed by atoms with E-state index in [1.807, 2.05) is 32.8 Å². The number of aryl methyl sites for hydroxylation is 1. The average Bonchev–Trinajstić information content (AvgIpc) is 2.33. The Morgan fingerprint density at radius 2 is 2.00 bits per heavy atom. The maximum atomic E-state index is 12.0. The van der Waals surface area contributed by atoms with E-state index < -0.39 is 5.97 Å². The summed E-state index contributed by atoms with van der Waals surface area (Å²) in [5, 5.41) is 8.80. The second-order valence-electron chi connectivity index (χ2n) is 5.36. The van der Waals surface area contributed by atoms with Gasteiger partial charge >= 0.3 is 11.7 Å². The standard InChI is InChI=1S/C14H23N3O3/c1-9(16(4)5)8-17-11(3)12(6-7-13(18)19)10(2)15-14(17)20/h9H,6-8H2,1-5H3,(H,18,19). The largest absolute Gasteiger partial charge is 0.481 e. The molecular formula is C14H23N3O3. The maximum Gasteiger partial charge on any atom is 0.348 e. The van der Waals surface area contributed by atoms with Crippen LogP contribution in [0.2, 0.25) is 0 Å². The molecule has 0 saturated carbocycles. The molecule has 0 aliphatic heterocycles. The number of hydrogen-bond donors (Lipinski definition) is 1. The number of aromatic nitrogens is 2. The van der Waals surface area contributed by atoms with Crippen LogP contribution in [0.15, 0.2) is 4.79 Å². The lowest BCUT2D eigenvalue weighted by atomic mass is 10.1. The fourth-order valence-corrected chi connectivity index (χ4v) is 2.08. The third-order valence-corrected chi connectivity index (χ3v) is 3.69. The molecule has 112 valence electrons. The Morgan fingerprint density at radius 1 is 1.40 bits per heavy atom. The third kappa shape index (κ3) is 3.90. The predicted octanol–water partition coefficient (Wildman–Crippen LogP) is 0.827.